The maximum Gasteiger partial charge on any atom is 0.0725 e. The van der Waals surface area contributed by atoms with E-state index < -0.39 is 0 Å². The summed E-state index contributed by atoms with van der Waals surface area (Å²) in [6.45, 7) is 0. The van der Waals surface area contributed by atoms with Gasteiger partial charge in [-0.25, -0.2) is 0 Å². The second-order valence-electron chi connectivity index (χ2n) is 18.0. The molecule has 0 radical (unpaired) electrons. The van der Waals surface area contributed by atoms with Crippen LogP contribution in [0.5, 0.6) is 0 Å². The van der Waals surface area contributed by atoms with Gasteiger partial charge in [-0.15, -0.1) is 0 Å². The van der Waals surface area contributed by atoms with E-state index in [0.29, 0.717) is 0 Å². The van der Waals surface area contributed by atoms with Crippen LogP contribution in [0.4, 0.5) is 17.1 Å². The molecule has 0 saturated carbocycles. The number of fused-ring (bicyclic) bond motifs is 10. The molecular formula is C67H45N. The molecule has 1 nitrogen and oxygen atoms in total. The van der Waals surface area contributed by atoms with Gasteiger partial charge in [-0.3, -0.25) is 0 Å². The Kier molecular flexibility index (Phi) is 9.47. The van der Waals surface area contributed by atoms with Crippen molar-refractivity contribution in [3.8, 4) is 77.9 Å². The number of benzene rings is 11. The quantitative estimate of drug-likeness (QED) is 0.147. The molecule has 0 amide bonds. The molecule has 0 N–H and O–H groups in total. The minimum Gasteiger partial charge on any atom is -0.310 e. The average molecular weight is 864 g/mol. The van der Waals surface area contributed by atoms with Gasteiger partial charge in [-0.2, -0.15) is 0 Å². The van der Waals surface area contributed by atoms with Gasteiger partial charge in [0.25, 0.3) is 0 Å². The van der Waals surface area contributed by atoms with Crippen LogP contribution < -0.4 is 4.90 Å². The van der Waals surface area contributed by atoms with E-state index in [1.807, 2.05) is 0 Å². The van der Waals surface area contributed by atoms with Crippen molar-refractivity contribution in [3.05, 3.63) is 295 Å². The van der Waals surface area contributed by atoms with Gasteiger partial charge >= 0.3 is 0 Å². The molecule has 0 fully saturated rings. The Morgan fingerprint density at radius 3 is 0.941 bits per heavy atom. The van der Waals surface area contributed by atoms with Crippen molar-refractivity contribution in [2.45, 2.75) is 5.41 Å². The van der Waals surface area contributed by atoms with Crippen LogP contribution in [0.2, 0.25) is 0 Å². The Bertz CT molecular complexity index is 3580. The molecule has 68 heavy (non-hydrogen) atoms. The second-order valence-corrected chi connectivity index (χ2v) is 18.0. The second kappa shape index (κ2) is 16.3. The Labute approximate surface area is 398 Å². The Hall–Kier alpha value is -8.78. The summed E-state index contributed by atoms with van der Waals surface area (Å²) in [5, 5.41) is 0. The molecule has 1 heteroatoms. The predicted molar refractivity (Wildman–Crippen MR) is 285 cm³/mol. The van der Waals surface area contributed by atoms with Crippen LogP contribution in [0.1, 0.15) is 22.3 Å². The molecular weight excluding hydrogens is 819 g/mol. The minimum absolute atomic E-state index is 0.381. The summed E-state index contributed by atoms with van der Waals surface area (Å²) in [6.07, 6.45) is 0. The van der Waals surface area contributed by atoms with Crippen LogP contribution >= 0.6 is 0 Å². The van der Waals surface area contributed by atoms with E-state index in [1.54, 1.807) is 0 Å². The summed E-state index contributed by atoms with van der Waals surface area (Å²) in [6, 6.07) is 100. The lowest BCUT2D eigenvalue weighted by molar-refractivity contribution is 0.794. The highest BCUT2D eigenvalue weighted by Crippen LogP contribution is 2.63. The lowest BCUT2D eigenvalue weighted by Crippen LogP contribution is -2.25. The summed E-state index contributed by atoms with van der Waals surface area (Å²) in [4.78, 5) is 2.41. The predicted octanol–water partition coefficient (Wildman–Crippen LogP) is 17.8. The van der Waals surface area contributed by atoms with Crippen molar-refractivity contribution in [1.29, 1.82) is 0 Å². The molecule has 2 aliphatic rings. The first kappa shape index (κ1) is 39.6. The number of hydrogen-bond donors (Lipinski definition) is 0. The zero-order valence-electron chi connectivity index (χ0n) is 37.4. The fraction of sp³-hybridized carbons (Fsp3) is 0.0149. The maximum absolute atomic E-state index is 2.46. The van der Waals surface area contributed by atoms with Crippen LogP contribution in [-0.2, 0) is 5.41 Å². The monoisotopic (exact) mass is 863 g/mol. The van der Waals surface area contributed by atoms with Gasteiger partial charge < -0.3 is 4.90 Å². The molecule has 0 heterocycles. The van der Waals surface area contributed by atoms with Gasteiger partial charge in [-0.1, -0.05) is 224 Å². The molecule has 0 aliphatic heterocycles. The first-order valence-electron chi connectivity index (χ1n) is 23.6. The highest BCUT2D eigenvalue weighted by molar-refractivity contribution is 5.97. The maximum atomic E-state index is 2.46. The highest BCUT2D eigenvalue weighted by atomic mass is 15.1. The van der Waals surface area contributed by atoms with E-state index in [4.69, 9.17) is 0 Å². The van der Waals surface area contributed by atoms with Crippen molar-refractivity contribution in [3.63, 3.8) is 0 Å². The molecule has 0 unspecified atom stereocenters. The third-order valence-electron chi connectivity index (χ3n) is 14.3. The van der Waals surface area contributed by atoms with Gasteiger partial charge in [-0.05, 0) is 149 Å². The van der Waals surface area contributed by atoms with Crippen LogP contribution in [0.25, 0.3) is 77.9 Å². The van der Waals surface area contributed by atoms with Crippen molar-refractivity contribution >= 4 is 17.1 Å². The SMILES string of the molecule is c1ccc(-c2ccc(-c3ccc(N(c4ccc(-c5ccccc5)cc4)c4cc(-c5ccccc5)cc(-c5ccc6c(c5)-c5ccccc5C65c6ccccc6-c6ccccc65)c4)cc3)cc2)cc1. The van der Waals surface area contributed by atoms with Crippen molar-refractivity contribution in [1.82, 2.24) is 0 Å². The fourth-order valence-electron chi connectivity index (χ4n) is 11.2. The van der Waals surface area contributed by atoms with Crippen molar-refractivity contribution in [2.75, 3.05) is 4.90 Å². The van der Waals surface area contributed by atoms with Crippen LogP contribution in [0.15, 0.2) is 273 Å². The molecule has 0 atom stereocenters. The van der Waals surface area contributed by atoms with Crippen molar-refractivity contribution in [2.24, 2.45) is 0 Å². The summed E-state index contributed by atoms with van der Waals surface area (Å²) in [5.74, 6) is 0. The van der Waals surface area contributed by atoms with E-state index in [9.17, 15) is 0 Å². The van der Waals surface area contributed by atoms with Crippen LogP contribution in [0, 0.1) is 0 Å². The largest absolute Gasteiger partial charge is 0.310 e. The average Bonchev–Trinajstić information content (AvgIpc) is 3.89. The zero-order valence-corrected chi connectivity index (χ0v) is 37.4. The molecule has 1 spiro atoms. The van der Waals surface area contributed by atoms with E-state index in [1.165, 1.54) is 89.0 Å². The van der Waals surface area contributed by atoms with Gasteiger partial charge in [0.15, 0.2) is 0 Å². The van der Waals surface area contributed by atoms with E-state index in [2.05, 4.69) is 278 Å². The molecule has 13 rings (SSSR count). The number of anilines is 3. The lowest BCUT2D eigenvalue weighted by Gasteiger charge is -2.30. The molecule has 11 aromatic rings. The number of nitrogens with zero attached hydrogens (tertiary/aromatic N) is 1. The number of rotatable bonds is 8. The minimum atomic E-state index is -0.381. The normalized spacial score (nSPS) is 12.5. The summed E-state index contributed by atoms with van der Waals surface area (Å²) < 4.78 is 0. The van der Waals surface area contributed by atoms with Crippen LogP contribution in [-0.4, -0.2) is 0 Å². The standard InChI is InChI=1S/C67H45N/c1-4-16-46(17-5-1)49-28-30-50(31-29-49)52-34-39-57(40-35-52)68(56-37-32-51(33-38-56)47-18-6-2-7-19-47)58-43-54(48-20-8-3-9-21-48)42-55(44-58)53-36-41-66-62(45-53)61-24-12-15-27-65(61)67(66)63-25-13-10-22-59(63)60-23-11-14-26-64(60)67/h1-45H. The van der Waals surface area contributed by atoms with E-state index in [0.717, 1.165) is 28.2 Å². The molecule has 0 bridgehead atoms. The number of hydrogen-bond acceptors (Lipinski definition) is 1. The molecule has 2 aliphatic carbocycles. The van der Waals surface area contributed by atoms with E-state index in [-0.39, 0.29) is 5.41 Å². The van der Waals surface area contributed by atoms with Gasteiger partial charge in [0.1, 0.15) is 0 Å². The fourth-order valence-corrected chi connectivity index (χ4v) is 11.2. The van der Waals surface area contributed by atoms with Crippen molar-refractivity contribution < 1.29 is 0 Å². The third kappa shape index (κ3) is 6.47. The first-order chi connectivity index (χ1) is 33.7. The summed E-state index contributed by atoms with van der Waals surface area (Å²) >= 11 is 0. The smallest absolute Gasteiger partial charge is 0.0725 e. The zero-order chi connectivity index (χ0) is 45.0. The molecule has 11 aromatic carbocycles. The Balaban J connectivity index is 0.964. The summed E-state index contributed by atoms with van der Waals surface area (Å²) in [5.41, 5.74) is 25.4. The molecule has 0 aromatic heterocycles. The van der Waals surface area contributed by atoms with Gasteiger partial charge in [0, 0.05) is 17.1 Å². The Morgan fingerprint density at radius 1 is 0.191 bits per heavy atom. The van der Waals surface area contributed by atoms with Gasteiger partial charge in [0.05, 0.1) is 5.41 Å². The molecule has 0 saturated heterocycles. The molecule has 318 valence electrons. The summed E-state index contributed by atoms with van der Waals surface area (Å²) in [7, 11) is 0. The van der Waals surface area contributed by atoms with Gasteiger partial charge in [0.2, 0.25) is 0 Å². The topological polar surface area (TPSA) is 3.24 Å². The van der Waals surface area contributed by atoms with E-state index >= 15 is 0 Å². The van der Waals surface area contributed by atoms with Crippen LogP contribution in [0.3, 0.4) is 0 Å². The highest BCUT2D eigenvalue weighted by Gasteiger charge is 2.51. The lowest BCUT2D eigenvalue weighted by atomic mass is 9.70. The third-order valence-corrected chi connectivity index (χ3v) is 14.3. The Morgan fingerprint density at radius 2 is 0.500 bits per heavy atom. The first-order valence-corrected chi connectivity index (χ1v) is 23.6.